The predicted octanol–water partition coefficient (Wildman–Crippen LogP) is 3.45. The lowest BCUT2D eigenvalue weighted by atomic mass is 9.92. The van der Waals surface area contributed by atoms with Gasteiger partial charge in [-0.05, 0) is 63.0 Å². The maximum absolute atomic E-state index is 12.9. The van der Waals surface area contributed by atoms with Crippen LogP contribution in [-0.4, -0.2) is 31.1 Å². The standard InChI is InChI=1S/C16H21F3N2/c1-20-10-12-7-8-21(14-5-6-14)15(12)11-3-2-4-13(9-11)16(17,18)19/h2-4,9,12,14-15,20H,5-8,10H2,1H3. The highest BCUT2D eigenvalue weighted by Crippen LogP contribution is 2.44. The lowest BCUT2D eigenvalue weighted by Crippen LogP contribution is -2.31. The summed E-state index contributed by atoms with van der Waals surface area (Å²) < 4.78 is 38.8. The van der Waals surface area contributed by atoms with Gasteiger partial charge in [0.15, 0.2) is 0 Å². The number of halogens is 3. The summed E-state index contributed by atoms with van der Waals surface area (Å²) >= 11 is 0. The second-order valence-corrected chi connectivity index (χ2v) is 6.14. The van der Waals surface area contributed by atoms with Crippen LogP contribution in [0.1, 0.15) is 36.4 Å². The number of hydrogen-bond donors (Lipinski definition) is 1. The van der Waals surface area contributed by atoms with Crippen molar-refractivity contribution in [3.63, 3.8) is 0 Å². The molecule has 2 fully saturated rings. The van der Waals surface area contributed by atoms with E-state index in [-0.39, 0.29) is 6.04 Å². The van der Waals surface area contributed by atoms with Gasteiger partial charge in [-0.25, -0.2) is 0 Å². The molecule has 0 spiro atoms. The molecule has 0 amide bonds. The summed E-state index contributed by atoms with van der Waals surface area (Å²) in [6.45, 7) is 1.85. The van der Waals surface area contributed by atoms with E-state index in [0.717, 1.165) is 31.1 Å². The third-order valence-electron chi connectivity index (χ3n) is 4.60. The number of nitrogens with zero attached hydrogens (tertiary/aromatic N) is 1. The number of likely N-dealkylation sites (tertiary alicyclic amines) is 1. The van der Waals surface area contributed by atoms with Crippen LogP contribution in [0.3, 0.4) is 0 Å². The van der Waals surface area contributed by atoms with E-state index in [4.69, 9.17) is 0 Å². The Hall–Kier alpha value is -1.07. The van der Waals surface area contributed by atoms with Crippen LogP contribution in [0.5, 0.6) is 0 Å². The third kappa shape index (κ3) is 3.09. The van der Waals surface area contributed by atoms with Crippen LogP contribution in [0.4, 0.5) is 13.2 Å². The summed E-state index contributed by atoms with van der Waals surface area (Å²) in [5, 5.41) is 3.19. The van der Waals surface area contributed by atoms with Gasteiger partial charge in [0.2, 0.25) is 0 Å². The number of rotatable bonds is 4. The van der Waals surface area contributed by atoms with Gasteiger partial charge in [-0.3, -0.25) is 4.90 Å². The summed E-state index contributed by atoms with van der Waals surface area (Å²) in [5.41, 5.74) is 0.278. The molecule has 5 heteroatoms. The molecule has 2 atom stereocenters. The van der Waals surface area contributed by atoms with Gasteiger partial charge in [0, 0.05) is 12.1 Å². The van der Waals surface area contributed by atoms with Crippen LogP contribution >= 0.6 is 0 Å². The summed E-state index contributed by atoms with van der Waals surface area (Å²) in [6, 6.07) is 6.58. The van der Waals surface area contributed by atoms with Crippen molar-refractivity contribution in [1.29, 1.82) is 0 Å². The largest absolute Gasteiger partial charge is 0.416 e. The van der Waals surface area contributed by atoms with E-state index in [2.05, 4.69) is 10.2 Å². The van der Waals surface area contributed by atoms with E-state index >= 15 is 0 Å². The molecule has 1 saturated heterocycles. The van der Waals surface area contributed by atoms with E-state index in [1.807, 2.05) is 13.1 Å². The first-order valence-corrected chi connectivity index (χ1v) is 7.58. The molecule has 1 aliphatic heterocycles. The molecule has 2 unspecified atom stereocenters. The zero-order valence-corrected chi connectivity index (χ0v) is 12.2. The number of nitrogens with one attached hydrogen (secondary N) is 1. The van der Waals surface area contributed by atoms with Gasteiger partial charge >= 0.3 is 6.18 Å². The van der Waals surface area contributed by atoms with Gasteiger partial charge in [0.05, 0.1) is 5.56 Å². The van der Waals surface area contributed by atoms with Gasteiger partial charge in [0.1, 0.15) is 0 Å². The second-order valence-electron chi connectivity index (χ2n) is 6.14. The summed E-state index contributed by atoms with van der Waals surface area (Å²) in [4.78, 5) is 2.41. The Morgan fingerprint density at radius 2 is 2.00 bits per heavy atom. The molecular formula is C16H21F3N2. The van der Waals surface area contributed by atoms with Gasteiger partial charge in [-0.2, -0.15) is 13.2 Å². The van der Waals surface area contributed by atoms with E-state index in [9.17, 15) is 13.2 Å². The Balaban J connectivity index is 1.90. The minimum atomic E-state index is -4.27. The lowest BCUT2D eigenvalue weighted by Gasteiger charge is -2.29. The molecule has 1 heterocycles. The number of hydrogen-bond acceptors (Lipinski definition) is 2. The fourth-order valence-corrected chi connectivity index (χ4v) is 3.54. The van der Waals surface area contributed by atoms with Crippen molar-refractivity contribution in [3.05, 3.63) is 35.4 Å². The van der Waals surface area contributed by atoms with Gasteiger partial charge < -0.3 is 5.32 Å². The Morgan fingerprint density at radius 3 is 2.62 bits per heavy atom. The molecule has 1 aliphatic carbocycles. The first kappa shape index (κ1) is 14.9. The van der Waals surface area contributed by atoms with Crippen LogP contribution in [0.25, 0.3) is 0 Å². The summed E-state index contributed by atoms with van der Waals surface area (Å²) in [6.07, 6.45) is -0.848. The molecule has 3 rings (SSSR count). The van der Waals surface area contributed by atoms with Crippen LogP contribution in [0.15, 0.2) is 24.3 Å². The molecule has 21 heavy (non-hydrogen) atoms. The highest BCUT2D eigenvalue weighted by atomic mass is 19.4. The average molecular weight is 298 g/mol. The fourth-order valence-electron chi connectivity index (χ4n) is 3.54. The molecule has 0 aromatic heterocycles. The first-order chi connectivity index (χ1) is 10.0. The summed E-state index contributed by atoms with van der Waals surface area (Å²) in [7, 11) is 1.91. The number of benzene rings is 1. The highest BCUT2D eigenvalue weighted by Gasteiger charge is 2.43. The van der Waals surface area contributed by atoms with Crippen molar-refractivity contribution in [2.45, 2.75) is 37.5 Å². The minimum absolute atomic E-state index is 0.118. The normalized spacial score (nSPS) is 27.2. The van der Waals surface area contributed by atoms with Crippen molar-refractivity contribution >= 4 is 0 Å². The van der Waals surface area contributed by atoms with E-state index in [1.54, 1.807) is 0 Å². The van der Waals surface area contributed by atoms with Crippen molar-refractivity contribution in [3.8, 4) is 0 Å². The predicted molar refractivity (Wildman–Crippen MR) is 75.9 cm³/mol. The maximum atomic E-state index is 12.9. The van der Waals surface area contributed by atoms with Crippen molar-refractivity contribution in [1.82, 2.24) is 10.2 Å². The molecule has 1 N–H and O–H groups in total. The first-order valence-electron chi connectivity index (χ1n) is 7.58. The quantitative estimate of drug-likeness (QED) is 0.916. The maximum Gasteiger partial charge on any atom is 0.416 e. The Labute approximate surface area is 123 Å². The topological polar surface area (TPSA) is 15.3 Å². The van der Waals surface area contributed by atoms with E-state index < -0.39 is 11.7 Å². The SMILES string of the molecule is CNCC1CCN(C2CC2)C1c1cccc(C(F)(F)F)c1. The molecular weight excluding hydrogens is 277 g/mol. The van der Waals surface area contributed by atoms with Crippen LogP contribution < -0.4 is 5.32 Å². The monoisotopic (exact) mass is 298 g/mol. The fraction of sp³-hybridized carbons (Fsp3) is 0.625. The molecule has 1 aromatic rings. The van der Waals surface area contributed by atoms with Crippen molar-refractivity contribution in [2.75, 3.05) is 20.1 Å². The molecule has 2 nitrogen and oxygen atoms in total. The average Bonchev–Trinajstić information content (AvgIpc) is 3.20. The minimum Gasteiger partial charge on any atom is -0.319 e. The van der Waals surface area contributed by atoms with Gasteiger partial charge in [-0.1, -0.05) is 12.1 Å². The molecule has 0 radical (unpaired) electrons. The van der Waals surface area contributed by atoms with Gasteiger partial charge in [0.25, 0.3) is 0 Å². The Kier molecular flexibility index (Phi) is 3.97. The van der Waals surface area contributed by atoms with E-state index in [0.29, 0.717) is 12.0 Å². The van der Waals surface area contributed by atoms with Crippen LogP contribution in [0, 0.1) is 5.92 Å². The second kappa shape index (κ2) is 5.61. The molecule has 2 aliphatic rings. The van der Waals surface area contributed by atoms with Crippen molar-refractivity contribution < 1.29 is 13.2 Å². The third-order valence-corrected chi connectivity index (χ3v) is 4.60. The molecule has 0 bridgehead atoms. The van der Waals surface area contributed by atoms with Crippen molar-refractivity contribution in [2.24, 2.45) is 5.92 Å². The van der Waals surface area contributed by atoms with Gasteiger partial charge in [-0.15, -0.1) is 0 Å². The van der Waals surface area contributed by atoms with Crippen LogP contribution in [0.2, 0.25) is 0 Å². The highest BCUT2D eigenvalue weighted by molar-refractivity contribution is 5.29. The van der Waals surface area contributed by atoms with E-state index in [1.165, 1.54) is 25.0 Å². The summed E-state index contributed by atoms with van der Waals surface area (Å²) in [5.74, 6) is 0.388. The lowest BCUT2D eigenvalue weighted by molar-refractivity contribution is -0.137. The molecule has 1 aromatic carbocycles. The zero-order valence-electron chi connectivity index (χ0n) is 12.2. The Morgan fingerprint density at radius 1 is 1.24 bits per heavy atom. The Bertz CT molecular complexity index is 497. The number of alkyl halides is 3. The van der Waals surface area contributed by atoms with Crippen LogP contribution in [-0.2, 0) is 6.18 Å². The zero-order chi connectivity index (χ0) is 15.0. The molecule has 1 saturated carbocycles. The molecule has 116 valence electrons. The smallest absolute Gasteiger partial charge is 0.319 e.